The summed E-state index contributed by atoms with van der Waals surface area (Å²) in [7, 11) is 0. The van der Waals surface area contributed by atoms with Crippen molar-refractivity contribution < 1.29 is 9.53 Å². The van der Waals surface area contributed by atoms with Gasteiger partial charge in [-0.1, -0.05) is 6.07 Å². The molecule has 1 saturated carbocycles. The second-order valence-corrected chi connectivity index (χ2v) is 7.13. The molecule has 0 aromatic carbocycles. The Balaban J connectivity index is 1.98. The Morgan fingerprint density at radius 3 is 2.96 bits per heavy atom. The summed E-state index contributed by atoms with van der Waals surface area (Å²) in [5, 5.41) is 11.3. The van der Waals surface area contributed by atoms with Crippen LogP contribution in [0.2, 0.25) is 0 Å². The largest absolute Gasteiger partial charge is 0.473 e. The summed E-state index contributed by atoms with van der Waals surface area (Å²) in [6, 6.07) is 5.95. The number of Topliss-reactive ketones (excluding diaryl/α,β-unsaturated/α-hetero) is 1. The number of pyridine rings is 1. The van der Waals surface area contributed by atoms with Gasteiger partial charge in [-0.3, -0.25) is 4.79 Å². The lowest BCUT2D eigenvalue weighted by atomic mass is 9.71. The molecule has 0 saturated heterocycles. The molecule has 6 nitrogen and oxygen atoms in total. The fourth-order valence-corrected chi connectivity index (χ4v) is 4.68. The van der Waals surface area contributed by atoms with Gasteiger partial charge in [-0.25, -0.2) is 0 Å². The molecule has 3 heterocycles. The molecule has 24 heavy (non-hydrogen) atoms. The highest BCUT2D eigenvalue weighted by Gasteiger charge is 2.47. The number of thiophene rings is 1. The van der Waals surface area contributed by atoms with E-state index in [1.807, 2.05) is 23.6 Å². The van der Waals surface area contributed by atoms with E-state index in [4.69, 9.17) is 16.2 Å². The van der Waals surface area contributed by atoms with E-state index in [9.17, 15) is 10.1 Å². The van der Waals surface area contributed by atoms with Crippen LogP contribution in [-0.4, -0.2) is 16.9 Å². The van der Waals surface area contributed by atoms with E-state index in [0.29, 0.717) is 17.9 Å². The Hall–Kier alpha value is -2.59. The first-order valence-electron chi connectivity index (χ1n) is 7.83. The zero-order chi connectivity index (χ0) is 16.8. The quantitative estimate of drug-likeness (QED) is 0.824. The van der Waals surface area contributed by atoms with Crippen molar-refractivity contribution in [2.75, 3.05) is 11.5 Å². The Bertz CT molecular complexity index is 856. The van der Waals surface area contributed by atoms with Gasteiger partial charge in [-0.2, -0.15) is 10.2 Å². The molecule has 2 aliphatic rings. The summed E-state index contributed by atoms with van der Waals surface area (Å²) < 4.78 is 6.00. The van der Waals surface area contributed by atoms with Crippen LogP contribution in [0.5, 0.6) is 5.88 Å². The number of ketones is 1. The number of aromatic nitrogens is 1. The number of hydrogen-bond acceptors (Lipinski definition) is 7. The average Bonchev–Trinajstić information content (AvgIpc) is 3.07. The molecule has 3 unspecified atom stereocenters. The van der Waals surface area contributed by atoms with Crippen molar-refractivity contribution in [2.45, 2.75) is 31.3 Å². The van der Waals surface area contributed by atoms with Crippen LogP contribution in [0.1, 0.15) is 41.2 Å². The van der Waals surface area contributed by atoms with E-state index < -0.39 is 0 Å². The van der Waals surface area contributed by atoms with Crippen LogP contribution in [0, 0.1) is 17.2 Å². The number of nitrogens with two attached hydrogens (primary N) is 2. The number of carbonyl (C=O) groups is 1. The summed E-state index contributed by atoms with van der Waals surface area (Å²) in [4.78, 5) is 18.0. The summed E-state index contributed by atoms with van der Waals surface area (Å²) in [6.07, 6.45) is 1.95. The molecule has 2 aromatic heterocycles. The molecule has 0 radical (unpaired) electrons. The van der Waals surface area contributed by atoms with Crippen molar-refractivity contribution in [2.24, 2.45) is 5.92 Å². The summed E-state index contributed by atoms with van der Waals surface area (Å²) in [5.41, 5.74) is 13.2. The number of nitrogen functional groups attached to an aromatic ring is 2. The molecule has 0 bridgehead atoms. The van der Waals surface area contributed by atoms with E-state index in [0.717, 1.165) is 17.7 Å². The van der Waals surface area contributed by atoms with Crippen LogP contribution in [0.4, 0.5) is 11.5 Å². The molecule has 1 aliphatic carbocycles. The van der Waals surface area contributed by atoms with E-state index in [-0.39, 0.29) is 40.8 Å². The van der Waals surface area contributed by atoms with Gasteiger partial charge in [0.05, 0.1) is 11.6 Å². The Morgan fingerprint density at radius 1 is 1.42 bits per heavy atom. The first-order valence-corrected chi connectivity index (χ1v) is 8.71. The highest BCUT2D eigenvalue weighted by atomic mass is 32.1. The Labute approximate surface area is 143 Å². The van der Waals surface area contributed by atoms with Crippen molar-refractivity contribution >= 4 is 28.6 Å². The van der Waals surface area contributed by atoms with E-state index in [2.05, 4.69) is 4.98 Å². The van der Waals surface area contributed by atoms with E-state index in [1.54, 1.807) is 11.3 Å². The number of hydrogen-bond donors (Lipinski definition) is 2. The maximum absolute atomic E-state index is 12.7. The topological polar surface area (TPSA) is 115 Å². The fraction of sp³-hybridized carbons (Fsp3) is 0.353. The minimum atomic E-state index is -0.288. The lowest BCUT2D eigenvalue weighted by molar-refractivity contribution is -0.130. The summed E-state index contributed by atoms with van der Waals surface area (Å²) in [6.45, 7) is 0. The molecule has 1 aliphatic heterocycles. The third-order valence-corrected chi connectivity index (χ3v) is 5.80. The zero-order valence-electron chi connectivity index (χ0n) is 12.9. The van der Waals surface area contributed by atoms with Crippen LogP contribution >= 0.6 is 11.3 Å². The third-order valence-electron chi connectivity index (χ3n) is 4.85. The number of nitriles is 1. The Morgan fingerprint density at radius 2 is 2.25 bits per heavy atom. The molecule has 7 heteroatoms. The van der Waals surface area contributed by atoms with Gasteiger partial charge in [-0.15, -0.1) is 11.3 Å². The van der Waals surface area contributed by atoms with Crippen LogP contribution in [0.25, 0.3) is 0 Å². The van der Waals surface area contributed by atoms with Crippen molar-refractivity contribution in [1.29, 1.82) is 5.26 Å². The number of fused-ring (bicyclic) bond motifs is 2. The van der Waals surface area contributed by atoms with Crippen LogP contribution < -0.4 is 16.2 Å². The minimum absolute atomic E-state index is 0.0688. The maximum Gasteiger partial charge on any atom is 0.221 e. The smallest absolute Gasteiger partial charge is 0.221 e. The minimum Gasteiger partial charge on any atom is -0.473 e. The molecule has 4 rings (SSSR count). The number of rotatable bonds is 1. The summed E-state index contributed by atoms with van der Waals surface area (Å²) >= 11 is 1.57. The fourth-order valence-electron chi connectivity index (χ4n) is 3.80. The van der Waals surface area contributed by atoms with Gasteiger partial charge in [0.25, 0.3) is 0 Å². The molecule has 2 aromatic rings. The molecule has 122 valence electrons. The lowest BCUT2D eigenvalue weighted by Crippen LogP contribution is -2.44. The monoisotopic (exact) mass is 340 g/mol. The predicted octanol–water partition coefficient (Wildman–Crippen LogP) is 2.44. The Kier molecular flexibility index (Phi) is 3.43. The van der Waals surface area contributed by atoms with Crippen LogP contribution in [0.15, 0.2) is 17.5 Å². The number of ether oxygens (including phenoxy) is 1. The van der Waals surface area contributed by atoms with Gasteiger partial charge >= 0.3 is 0 Å². The van der Waals surface area contributed by atoms with E-state index in [1.165, 1.54) is 0 Å². The molecule has 4 N–H and O–H groups in total. The molecular formula is C17H16N4O2S. The number of carbonyl (C=O) groups excluding carboxylic acids is 1. The second-order valence-electron chi connectivity index (χ2n) is 6.15. The van der Waals surface area contributed by atoms with Gasteiger partial charge in [0.1, 0.15) is 29.3 Å². The zero-order valence-corrected chi connectivity index (χ0v) is 13.7. The van der Waals surface area contributed by atoms with Gasteiger partial charge < -0.3 is 16.2 Å². The van der Waals surface area contributed by atoms with Crippen LogP contribution in [0.3, 0.4) is 0 Å². The van der Waals surface area contributed by atoms with Crippen molar-refractivity contribution in [1.82, 2.24) is 4.98 Å². The molecule has 0 amide bonds. The van der Waals surface area contributed by atoms with Gasteiger partial charge in [-0.05, 0) is 24.3 Å². The van der Waals surface area contributed by atoms with Crippen molar-refractivity contribution in [3.05, 3.63) is 33.5 Å². The van der Waals surface area contributed by atoms with Crippen LogP contribution in [-0.2, 0) is 4.79 Å². The highest BCUT2D eigenvalue weighted by molar-refractivity contribution is 7.10. The van der Waals surface area contributed by atoms with Crippen molar-refractivity contribution in [3.8, 4) is 11.9 Å². The molecule has 3 atom stereocenters. The highest BCUT2D eigenvalue weighted by Crippen LogP contribution is 2.51. The van der Waals surface area contributed by atoms with Crippen molar-refractivity contribution in [3.63, 3.8) is 0 Å². The summed E-state index contributed by atoms with van der Waals surface area (Å²) in [5.74, 6) is 0.0959. The first kappa shape index (κ1) is 15.0. The standard InChI is InChI=1S/C17H16N4O2S/c18-7-8-15(19)14-13(11-5-2-6-24-11)12-9(22)3-1-4-10(12)23-17(14)21-16(8)20/h2,5-6,10,12-13H,1,3-4H2,(H4,19,20,21). The predicted molar refractivity (Wildman–Crippen MR) is 90.7 cm³/mol. The lowest BCUT2D eigenvalue weighted by Gasteiger charge is -2.41. The first-order chi connectivity index (χ1) is 11.6. The van der Waals surface area contributed by atoms with Gasteiger partial charge in [0, 0.05) is 22.8 Å². The third kappa shape index (κ3) is 2.07. The molecule has 1 fully saturated rings. The van der Waals surface area contributed by atoms with Gasteiger partial charge in [0.15, 0.2) is 0 Å². The number of nitrogens with zero attached hydrogens (tertiary/aromatic N) is 2. The second kappa shape index (κ2) is 5.49. The molecule has 0 spiro atoms. The normalized spacial score (nSPS) is 25.3. The van der Waals surface area contributed by atoms with E-state index >= 15 is 0 Å². The number of anilines is 2. The SMILES string of the molecule is N#Cc1c(N)nc2c(c1N)C(c1cccs1)C1C(=O)CCCC1O2. The maximum atomic E-state index is 12.7. The molecular weight excluding hydrogens is 324 g/mol. The van der Waals surface area contributed by atoms with Gasteiger partial charge in [0.2, 0.25) is 5.88 Å². The average molecular weight is 340 g/mol.